The zero-order chi connectivity index (χ0) is 18.5. The van der Waals surface area contributed by atoms with Crippen molar-refractivity contribution in [2.24, 2.45) is 7.05 Å². The van der Waals surface area contributed by atoms with Crippen LogP contribution in [0.2, 0.25) is 0 Å². The van der Waals surface area contributed by atoms with Gasteiger partial charge in [0.05, 0.1) is 11.3 Å². The van der Waals surface area contributed by atoms with Crippen molar-refractivity contribution in [2.45, 2.75) is 20.5 Å². The Morgan fingerprint density at radius 2 is 1.77 bits per heavy atom. The van der Waals surface area contributed by atoms with Crippen LogP contribution in [0.3, 0.4) is 0 Å². The van der Waals surface area contributed by atoms with E-state index in [2.05, 4.69) is 5.10 Å². The highest BCUT2D eigenvalue weighted by Crippen LogP contribution is 2.17. The number of allylic oxidation sites excluding steroid dienone is 1. The second kappa shape index (κ2) is 7.83. The maximum atomic E-state index is 12.4. The Hall–Kier alpha value is -3.14. The maximum Gasteiger partial charge on any atom is 0.189 e. The van der Waals surface area contributed by atoms with E-state index in [9.17, 15) is 4.79 Å². The molecule has 0 fully saturated rings. The number of aromatic nitrogens is 2. The molecule has 1 aromatic heterocycles. The standard InChI is InChI=1S/C22H22N2O2/c1-16-22(17(2)24(3)23-16)21(25)14-11-18-9-12-20(13-10-18)26-15-19-7-5-4-6-8-19/h4-14H,15H2,1-3H3/b14-11+. The normalized spacial score (nSPS) is 11.0. The van der Waals surface area contributed by atoms with Crippen molar-refractivity contribution in [1.29, 1.82) is 0 Å². The molecule has 0 saturated carbocycles. The van der Waals surface area contributed by atoms with E-state index in [0.29, 0.717) is 12.2 Å². The van der Waals surface area contributed by atoms with Gasteiger partial charge in [0.25, 0.3) is 0 Å². The SMILES string of the molecule is Cc1nn(C)c(C)c1C(=O)/C=C/c1ccc(OCc2ccccc2)cc1. The maximum absolute atomic E-state index is 12.4. The highest BCUT2D eigenvalue weighted by molar-refractivity contribution is 6.08. The summed E-state index contributed by atoms with van der Waals surface area (Å²) in [6, 6.07) is 17.7. The van der Waals surface area contributed by atoms with Crippen LogP contribution in [0.25, 0.3) is 6.08 Å². The number of carbonyl (C=O) groups excluding carboxylic acids is 1. The van der Waals surface area contributed by atoms with E-state index in [1.807, 2.05) is 81.6 Å². The van der Waals surface area contributed by atoms with Crippen LogP contribution in [-0.2, 0) is 13.7 Å². The fourth-order valence-electron chi connectivity index (χ4n) is 2.80. The van der Waals surface area contributed by atoms with E-state index < -0.39 is 0 Å². The Labute approximate surface area is 153 Å². The van der Waals surface area contributed by atoms with E-state index >= 15 is 0 Å². The summed E-state index contributed by atoms with van der Waals surface area (Å²) in [7, 11) is 1.84. The minimum absolute atomic E-state index is 0.0301. The molecular formula is C22H22N2O2. The lowest BCUT2D eigenvalue weighted by Gasteiger charge is -2.06. The molecular weight excluding hydrogens is 324 g/mol. The lowest BCUT2D eigenvalue weighted by Crippen LogP contribution is -1.99. The zero-order valence-corrected chi connectivity index (χ0v) is 15.3. The first-order valence-corrected chi connectivity index (χ1v) is 8.54. The first kappa shape index (κ1) is 17.7. The van der Waals surface area contributed by atoms with Crippen molar-refractivity contribution >= 4 is 11.9 Å². The lowest BCUT2D eigenvalue weighted by atomic mass is 10.1. The Morgan fingerprint density at radius 1 is 1.08 bits per heavy atom. The fraction of sp³-hybridized carbons (Fsp3) is 0.182. The van der Waals surface area contributed by atoms with Crippen LogP contribution in [0.5, 0.6) is 5.75 Å². The number of nitrogens with zero attached hydrogens (tertiary/aromatic N) is 2. The smallest absolute Gasteiger partial charge is 0.189 e. The van der Waals surface area contributed by atoms with Crippen LogP contribution < -0.4 is 4.74 Å². The first-order valence-electron chi connectivity index (χ1n) is 8.54. The van der Waals surface area contributed by atoms with Crippen molar-refractivity contribution < 1.29 is 9.53 Å². The first-order chi connectivity index (χ1) is 12.5. The van der Waals surface area contributed by atoms with Crippen molar-refractivity contribution in [3.05, 3.63) is 88.8 Å². The highest BCUT2D eigenvalue weighted by atomic mass is 16.5. The van der Waals surface area contributed by atoms with Crippen molar-refractivity contribution in [3.8, 4) is 5.75 Å². The molecule has 0 bridgehead atoms. The number of carbonyl (C=O) groups is 1. The lowest BCUT2D eigenvalue weighted by molar-refractivity contribution is 0.104. The third-order valence-electron chi connectivity index (χ3n) is 4.31. The highest BCUT2D eigenvalue weighted by Gasteiger charge is 2.14. The summed E-state index contributed by atoms with van der Waals surface area (Å²) >= 11 is 0. The van der Waals surface area contributed by atoms with Gasteiger partial charge in [-0.05, 0) is 43.2 Å². The second-order valence-electron chi connectivity index (χ2n) is 6.21. The third kappa shape index (κ3) is 4.09. The number of aryl methyl sites for hydroxylation is 2. The Kier molecular flexibility index (Phi) is 5.32. The van der Waals surface area contributed by atoms with Crippen LogP contribution in [0, 0.1) is 13.8 Å². The van der Waals surface area contributed by atoms with Gasteiger partial charge in [0.1, 0.15) is 12.4 Å². The molecule has 4 nitrogen and oxygen atoms in total. The third-order valence-corrected chi connectivity index (χ3v) is 4.31. The number of hydrogen-bond acceptors (Lipinski definition) is 3. The average molecular weight is 346 g/mol. The van der Waals surface area contributed by atoms with Gasteiger partial charge < -0.3 is 4.74 Å². The van der Waals surface area contributed by atoms with Gasteiger partial charge in [-0.3, -0.25) is 9.48 Å². The summed E-state index contributed by atoms with van der Waals surface area (Å²) in [6.07, 6.45) is 3.41. The fourth-order valence-corrected chi connectivity index (χ4v) is 2.80. The van der Waals surface area contributed by atoms with E-state index in [1.54, 1.807) is 10.8 Å². The number of ether oxygens (including phenoxy) is 1. The largest absolute Gasteiger partial charge is 0.489 e. The molecule has 0 aliphatic rings. The molecule has 3 aromatic rings. The Balaban J connectivity index is 1.63. The molecule has 0 atom stereocenters. The van der Waals surface area contributed by atoms with Gasteiger partial charge in [-0.25, -0.2) is 0 Å². The number of hydrogen-bond donors (Lipinski definition) is 0. The second-order valence-corrected chi connectivity index (χ2v) is 6.21. The molecule has 1 heterocycles. The van der Waals surface area contributed by atoms with Crippen LogP contribution >= 0.6 is 0 Å². The number of rotatable bonds is 6. The molecule has 132 valence electrons. The molecule has 0 aliphatic heterocycles. The van der Waals surface area contributed by atoms with Crippen LogP contribution in [-0.4, -0.2) is 15.6 Å². The monoisotopic (exact) mass is 346 g/mol. The molecule has 26 heavy (non-hydrogen) atoms. The van der Waals surface area contributed by atoms with Crippen LogP contribution in [0.4, 0.5) is 0 Å². The number of benzene rings is 2. The van der Waals surface area contributed by atoms with Gasteiger partial charge in [-0.1, -0.05) is 48.5 Å². The molecule has 0 radical (unpaired) electrons. The molecule has 0 amide bonds. The molecule has 0 saturated heterocycles. The minimum atomic E-state index is -0.0301. The van der Waals surface area contributed by atoms with E-state index in [1.165, 1.54) is 0 Å². The van der Waals surface area contributed by atoms with Crippen LogP contribution in [0.1, 0.15) is 32.9 Å². The molecule has 2 aromatic carbocycles. The quantitative estimate of drug-likeness (QED) is 0.487. The Morgan fingerprint density at radius 3 is 2.38 bits per heavy atom. The Bertz CT molecular complexity index is 923. The molecule has 3 rings (SSSR count). The predicted molar refractivity (Wildman–Crippen MR) is 103 cm³/mol. The van der Waals surface area contributed by atoms with Crippen molar-refractivity contribution in [2.75, 3.05) is 0 Å². The van der Waals surface area contributed by atoms with E-state index in [4.69, 9.17) is 4.74 Å². The van der Waals surface area contributed by atoms with Gasteiger partial charge in [0.2, 0.25) is 0 Å². The summed E-state index contributed by atoms with van der Waals surface area (Å²) < 4.78 is 7.51. The van der Waals surface area contributed by atoms with Gasteiger partial charge >= 0.3 is 0 Å². The minimum Gasteiger partial charge on any atom is -0.489 e. The molecule has 0 unspecified atom stereocenters. The summed E-state index contributed by atoms with van der Waals surface area (Å²) in [4.78, 5) is 12.4. The average Bonchev–Trinajstić information content (AvgIpc) is 2.91. The summed E-state index contributed by atoms with van der Waals surface area (Å²) in [5, 5.41) is 4.29. The van der Waals surface area contributed by atoms with Gasteiger partial charge in [-0.15, -0.1) is 0 Å². The van der Waals surface area contributed by atoms with Gasteiger partial charge in [0.15, 0.2) is 5.78 Å². The van der Waals surface area contributed by atoms with Crippen LogP contribution in [0.15, 0.2) is 60.7 Å². The topological polar surface area (TPSA) is 44.1 Å². The summed E-state index contributed by atoms with van der Waals surface area (Å²) in [5.74, 6) is 0.772. The van der Waals surface area contributed by atoms with E-state index in [0.717, 1.165) is 28.3 Å². The molecule has 0 aliphatic carbocycles. The summed E-state index contributed by atoms with van der Waals surface area (Å²) in [6.45, 7) is 4.29. The molecule has 0 spiro atoms. The summed E-state index contributed by atoms with van der Waals surface area (Å²) in [5.41, 5.74) is 4.38. The van der Waals surface area contributed by atoms with Gasteiger partial charge in [0, 0.05) is 12.7 Å². The van der Waals surface area contributed by atoms with E-state index in [-0.39, 0.29) is 5.78 Å². The van der Waals surface area contributed by atoms with Gasteiger partial charge in [-0.2, -0.15) is 5.10 Å². The zero-order valence-electron chi connectivity index (χ0n) is 15.3. The molecule has 4 heteroatoms. The molecule has 0 N–H and O–H groups in total. The van der Waals surface area contributed by atoms with Crippen molar-refractivity contribution in [1.82, 2.24) is 9.78 Å². The predicted octanol–water partition coefficient (Wildman–Crippen LogP) is 4.51. The number of ketones is 1. The van der Waals surface area contributed by atoms with Crippen molar-refractivity contribution in [3.63, 3.8) is 0 Å².